The molecule has 6 nitrogen and oxygen atoms in total. The summed E-state index contributed by atoms with van der Waals surface area (Å²) in [6.07, 6.45) is 1.63. The van der Waals surface area contributed by atoms with Crippen LogP contribution in [0.1, 0.15) is 17.9 Å². The van der Waals surface area contributed by atoms with Gasteiger partial charge in [0.1, 0.15) is 11.6 Å². The van der Waals surface area contributed by atoms with Crippen molar-refractivity contribution in [2.75, 3.05) is 23.4 Å². The van der Waals surface area contributed by atoms with Crippen LogP contribution in [0.2, 0.25) is 0 Å². The van der Waals surface area contributed by atoms with Crippen LogP contribution in [-0.4, -0.2) is 27.7 Å². The van der Waals surface area contributed by atoms with E-state index in [1.54, 1.807) is 24.3 Å². The molecule has 3 rings (SSSR count). The normalized spacial score (nSPS) is 18.9. The largest absolute Gasteiger partial charge is 0.494 e. The van der Waals surface area contributed by atoms with E-state index >= 15 is 0 Å². The van der Waals surface area contributed by atoms with Gasteiger partial charge in [0.15, 0.2) is 0 Å². The molecule has 0 heterocycles. The van der Waals surface area contributed by atoms with Crippen LogP contribution in [0.15, 0.2) is 42.5 Å². The zero-order valence-corrected chi connectivity index (χ0v) is 15.1. The molecule has 2 aromatic carbocycles. The van der Waals surface area contributed by atoms with E-state index in [1.165, 1.54) is 25.3 Å². The number of rotatable bonds is 6. The predicted molar refractivity (Wildman–Crippen MR) is 97.3 cm³/mol. The molecule has 0 radical (unpaired) electrons. The lowest BCUT2D eigenvalue weighted by Gasteiger charge is -2.12. The number of anilines is 2. The third-order valence-electron chi connectivity index (χ3n) is 4.20. The number of sulfonamides is 1. The molecule has 2 unspecified atom stereocenters. The second-order valence-corrected chi connectivity index (χ2v) is 8.00. The number of carbonyl (C=O) groups excluding carboxylic acids is 1. The number of benzene rings is 2. The topological polar surface area (TPSA) is 84.5 Å². The number of methoxy groups -OCH3 is 1. The van der Waals surface area contributed by atoms with Crippen molar-refractivity contribution in [3.05, 3.63) is 53.8 Å². The SMILES string of the molecule is COc1cc(NC(=O)C2CC2c2ccccc2F)ccc1NS(C)(=O)=O. The number of nitrogens with one attached hydrogen (secondary N) is 2. The Bertz CT molecular complexity index is 946. The summed E-state index contributed by atoms with van der Waals surface area (Å²) >= 11 is 0. The van der Waals surface area contributed by atoms with Crippen molar-refractivity contribution in [3.63, 3.8) is 0 Å². The summed E-state index contributed by atoms with van der Waals surface area (Å²) in [5.41, 5.74) is 1.31. The number of halogens is 1. The first-order chi connectivity index (χ1) is 12.3. The first-order valence-electron chi connectivity index (χ1n) is 7.99. The lowest BCUT2D eigenvalue weighted by molar-refractivity contribution is -0.117. The highest BCUT2D eigenvalue weighted by atomic mass is 32.2. The maximum atomic E-state index is 13.8. The van der Waals surface area contributed by atoms with Gasteiger partial charge in [0, 0.05) is 17.7 Å². The summed E-state index contributed by atoms with van der Waals surface area (Å²) in [4.78, 5) is 12.4. The zero-order chi connectivity index (χ0) is 18.9. The molecule has 1 saturated carbocycles. The fraction of sp³-hybridized carbons (Fsp3) is 0.278. The smallest absolute Gasteiger partial charge is 0.229 e. The van der Waals surface area contributed by atoms with Crippen molar-refractivity contribution in [1.29, 1.82) is 0 Å². The van der Waals surface area contributed by atoms with Crippen LogP contribution in [0.3, 0.4) is 0 Å². The van der Waals surface area contributed by atoms with Gasteiger partial charge in [-0.25, -0.2) is 12.8 Å². The number of hydrogen-bond donors (Lipinski definition) is 2. The minimum atomic E-state index is -3.44. The highest BCUT2D eigenvalue weighted by Crippen LogP contribution is 2.48. The highest BCUT2D eigenvalue weighted by molar-refractivity contribution is 7.92. The summed E-state index contributed by atoms with van der Waals surface area (Å²) < 4.78 is 44.1. The molecule has 8 heteroatoms. The van der Waals surface area contributed by atoms with Gasteiger partial charge in [-0.1, -0.05) is 18.2 Å². The number of hydrogen-bond acceptors (Lipinski definition) is 4. The molecule has 0 saturated heterocycles. The predicted octanol–water partition coefficient (Wildman–Crippen LogP) is 2.95. The summed E-state index contributed by atoms with van der Waals surface area (Å²) in [6, 6.07) is 11.1. The molecule has 0 aromatic heterocycles. The van der Waals surface area contributed by atoms with Gasteiger partial charge in [-0.15, -0.1) is 0 Å². The molecule has 2 N–H and O–H groups in total. The fourth-order valence-electron chi connectivity index (χ4n) is 2.89. The molecule has 2 aromatic rings. The Morgan fingerprint density at radius 1 is 1.23 bits per heavy atom. The minimum Gasteiger partial charge on any atom is -0.494 e. The van der Waals surface area contributed by atoms with Crippen LogP contribution in [0.5, 0.6) is 5.75 Å². The number of ether oxygens (including phenoxy) is 1. The lowest BCUT2D eigenvalue weighted by atomic mass is 10.1. The highest BCUT2D eigenvalue weighted by Gasteiger charge is 2.45. The molecule has 0 spiro atoms. The monoisotopic (exact) mass is 378 g/mol. The molecule has 0 bridgehead atoms. The Kier molecular flexibility index (Phi) is 4.86. The van der Waals surface area contributed by atoms with E-state index in [0.717, 1.165) is 6.26 Å². The number of carbonyl (C=O) groups is 1. The van der Waals surface area contributed by atoms with Gasteiger partial charge >= 0.3 is 0 Å². The van der Waals surface area contributed by atoms with Gasteiger partial charge in [0.2, 0.25) is 15.9 Å². The van der Waals surface area contributed by atoms with Crippen molar-refractivity contribution in [2.24, 2.45) is 5.92 Å². The van der Waals surface area contributed by atoms with Crippen LogP contribution in [0.4, 0.5) is 15.8 Å². The summed E-state index contributed by atoms with van der Waals surface area (Å²) in [7, 11) is -2.04. The van der Waals surface area contributed by atoms with E-state index in [9.17, 15) is 17.6 Å². The van der Waals surface area contributed by atoms with E-state index in [0.29, 0.717) is 17.7 Å². The Balaban J connectivity index is 1.70. The van der Waals surface area contributed by atoms with Crippen molar-refractivity contribution in [1.82, 2.24) is 0 Å². The van der Waals surface area contributed by atoms with Gasteiger partial charge in [0.05, 0.1) is 19.1 Å². The maximum absolute atomic E-state index is 13.8. The molecule has 138 valence electrons. The zero-order valence-electron chi connectivity index (χ0n) is 14.3. The van der Waals surface area contributed by atoms with Crippen LogP contribution in [0, 0.1) is 11.7 Å². The van der Waals surface area contributed by atoms with E-state index in [1.807, 2.05) is 0 Å². The van der Waals surface area contributed by atoms with Crippen molar-refractivity contribution >= 4 is 27.3 Å². The summed E-state index contributed by atoms with van der Waals surface area (Å²) in [6.45, 7) is 0. The first-order valence-corrected chi connectivity index (χ1v) is 9.89. The Hall–Kier alpha value is -2.61. The van der Waals surface area contributed by atoms with Crippen LogP contribution in [-0.2, 0) is 14.8 Å². The van der Waals surface area contributed by atoms with Crippen molar-refractivity contribution < 1.29 is 22.3 Å². The van der Waals surface area contributed by atoms with E-state index in [2.05, 4.69) is 10.0 Å². The maximum Gasteiger partial charge on any atom is 0.229 e. The van der Waals surface area contributed by atoms with Gasteiger partial charge < -0.3 is 10.1 Å². The Labute approximate surface area is 151 Å². The third-order valence-corrected chi connectivity index (χ3v) is 4.79. The molecular weight excluding hydrogens is 359 g/mol. The van der Waals surface area contributed by atoms with Crippen LogP contribution in [0.25, 0.3) is 0 Å². The van der Waals surface area contributed by atoms with Gasteiger partial charge in [0.25, 0.3) is 0 Å². The van der Waals surface area contributed by atoms with Crippen LogP contribution >= 0.6 is 0 Å². The summed E-state index contributed by atoms with van der Waals surface area (Å²) in [5, 5.41) is 2.77. The third kappa shape index (κ3) is 4.13. The van der Waals surface area contributed by atoms with E-state index in [4.69, 9.17) is 4.74 Å². The molecular formula is C18H19FN2O4S. The quantitative estimate of drug-likeness (QED) is 0.809. The molecule has 1 aliphatic carbocycles. The standard InChI is InChI=1S/C18H19FN2O4S/c1-25-17-9-11(7-8-16(17)21-26(2,23)24)20-18(22)14-10-13(14)12-5-3-4-6-15(12)19/h3-9,13-14,21H,10H2,1-2H3,(H,20,22). The average Bonchev–Trinajstić information content (AvgIpc) is 3.36. The molecule has 26 heavy (non-hydrogen) atoms. The summed E-state index contributed by atoms with van der Waals surface area (Å²) in [5.74, 6) is -0.625. The molecule has 1 amide bonds. The first kappa shape index (κ1) is 18.2. The van der Waals surface area contributed by atoms with Gasteiger partial charge in [-0.2, -0.15) is 0 Å². The van der Waals surface area contributed by atoms with Crippen LogP contribution < -0.4 is 14.8 Å². The van der Waals surface area contributed by atoms with Crippen molar-refractivity contribution in [3.8, 4) is 5.75 Å². The molecule has 2 atom stereocenters. The minimum absolute atomic E-state index is 0.121. The molecule has 1 aliphatic rings. The average molecular weight is 378 g/mol. The Morgan fingerprint density at radius 3 is 2.62 bits per heavy atom. The van der Waals surface area contributed by atoms with Gasteiger partial charge in [-0.05, 0) is 36.1 Å². The van der Waals surface area contributed by atoms with E-state index in [-0.39, 0.29) is 35.0 Å². The lowest BCUT2D eigenvalue weighted by Crippen LogP contribution is -2.15. The Morgan fingerprint density at radius 2 is 1.96 bits per heavy atom. The fourth-order valence-corrected chi connectivity index (χ4v) is 3.46. The number of amides is 1. The molecule has 0 aliphatic heterocycles. The second kappa shape index (κ2) is 6.95. The van der Waals surface area contributed by atoms with Crippen molar-refractivity contribution in [2.45, 2.75) is 12.3 Å². The second-order valence-electron chi connectivity index (χ2n) is 6.25. The van der Waals surface area contributed by atoms with E-state index < -0.39 is 10.0 Å². The van der Waals surface area contributed by atoms with Gasteiger partial charge in [-0.3, -0.25) is 9.52 Å². The molecule has 1 fully saturated rings.